The van der Waals surface area contributed by atoms with Crippen LogP contribution in [-0.2, 0) is 6.42 Å². The molecule has 4 nitrogen and oxygen atoms in total. The fourth-order valence-electron chi connectivity index (χ4n) is 1.98. The molecule has 0 atom stereocenters. The lowest BCUT2D eigenvalue weighted by molar-refractivity contribution is 0.201. The molecule has 0 fully saturated rings. The molecule has 16 heavy (non-hydrogen) atoms. The molecule has 1 aromatic rings. The largest absolute Gasteiger partial charge is 0.491 e. The van der Waals surface area contributed by atoms with Crippen LogP contribution in [0.15, 0.2) is 23.4 Å². The lowest BCUT2D eigenvalue weighted by Gasteiger charge is -2.17. The summed E-state index contributed by atoms with van der Waals surface area (Å²) in [6, 6.07) is 5.75. The molecule has 1 aromatic carbocycles. The third-order valence-corrected chi connectivity index (χ3v) is 2.73. The van der Waals surface area contributed by atoms with Crippen LogP contribution in [0, 0.1) is 0 Å². The van der Waals surface area contributed by atoms with E-state index >= 15 is 0 Å². The number of fused-ring (bicyclic) bond motifs is 1. The number of hydrogen-bond acceptors (Lipinski definition) is 4. The number of aliphatic hydroxyl groups is 1. The minimum atomic E-state index is -0.00195. The minimum Gasteiger partial charge on any atom is -0.491 e. The van der Waals surface area contributed by atoms with Gasteiger partial charge in [0, 0.05) is 5.56 Å². The van der Waals surface area contributed by atoms with Crippen molar-refractivity contribution in [2.24, 2.45) is 5.16 Å². The number of ether oxygens (including phenoxy) is 1. The van der Waals surface area contributed by atoms with Gasteiger partial charge in [0.15, 0.2) is 0 Å². The van der Waals surface area contributed by atoms with Gasteiger partial charge in [0.25, 0.3) is 0 Å². The van der Waals surface area contributed by atoms with Crippen LogP contribution in [0.1, 0.15) is 24.0 Å². The first-order chi connectivity index (χ1) is 7.85. The number of nitrogens with zero attached hydrogens (tertiary/aromatic N) is 1. The summed E-state index contributed by atoms with van der Waals surface area (Å²) in [5.74, 6) is 0.704. The molecule has 0 aromatic heterocycles. The highest BCUT2D eigenvalue weighted by Crippen LogP contribution is 2.25. The molecule has 86 valence electrons. The Balaban J connectivity index is 2.28. The SMILES string of the molecule is OCCOc1ccc2c(c1)/C(=N\O)CCC2. The lowest BCUT2D eigenvalue weighted by Crippen LogP contribution is -2.12. The minimum absolute atomic E-state index is 0.00195. The highest BCUT2D eigenvalue weighted by Gasteiger charge is 2.16. The van der Waals surface area contributed by atoms with Crippen LogP contribution in [-0.4, -0.2) is 29.2 Å². The van der Waals surface area contributed by atoms with E-state index in [0.717, 1.165) is 30.5 Å². The fourth-order valence-corrected chi connectivity index (χ4v) is 1.98. The third kappa shape index (κ3) is 2.17. The van der Waals surface area contributed by atoms with Crippen LogP contribution >= 0.6 is 0 Å². The highest BCUT2D eigenvalue weighted by atomic mass is 16.5. The van der Waals surface area contributed by atoms with Gasteiger partial charge in [0.05, 0.1) is 12.3 Å². The van der Waals surface area contributed by atoms with Gasteiger partial charge in [-0.25, -0.2) is 0 Å². The van der Waals surface area contributed by atoms with Gasteiger partial charge in [0.2, 0.25) is 0 Å². The van der Waals surface area contributed by atoms with E-state index in [1.165, 1.54) is 5.56 Å². The Labute approximate surface area is 94.2 Å². The van der Waals surface area contributed by atoms with Crippen molar-refractivity contribution in [2.45, 2.75) is 19.3 Å². The van der Waals surface area contributed by atoms with Crippen molar-refractivity contribution in [1.82, 2.24) is 0 Å². The second kappa shape index (κ2) is 4.99. The number of aryl methyl sites for hydroxylation is 1. The van der Waals surface area contributed by atoms with Crippen molar-refractivity contribution >= 4 is 5.71 Å². The highest BCUT2D eigenvalue weighted by molar-refractivity contribution is 6.02. The molecule has 0 saturated carbocycles. The Morgan fingerprint density at radius 3 is 2.94 bits per heavy atom. The first-order valence-corrected chi connectivity index (χ1v) is 5.43. The topological polar surface area (TPSA) is 62.0 Å². The van der Waals surface area contributed by atoms with Crippen LogP contribution in [0.2, 0.25) is 0 Å². The summed E-state index contributed by atoms with van der Waals surface area (Å²) < 4.78 is 5.33. The summed E-state index contributed by atoms with van der Waals surface area (Å²) >= 11 is 0. The quantitative estimate of drug-likeness (QED) is 0.601. The standard InChI is InChI=1S/C12H15NO3/c14-6-7-16-10-5-4-9-2-1-3-12(13-15)11(9)8-10/h4-5,8,14-15H,1-3,6-7H2/b13-12-. The van der Waals surface area contributed by atoms with Crippen LogP contribution in [0.5, 0.6) is 5.75 Å². The number of benzene rings is 1. The van der Waals surface area contributed by atoms with E-state index in [1.807, 2.05) is 18.2 Å². The Morgan fingerprint density at radius 1 is 1.31 bits per heavy atom. The van der Waals surface area contributed by atoms with Crippen LogP contribution in [0.3, 0.4) is 0 Å². The maximum Gasteiger partial charge on any atom is 0.120 e. The van der Waals surface area contributed by atoms with Gasteiger partial charge in [-0.3, -0.25) is 0 Å². The first kappa shape index (κ1) is 11.0. The molecule has 0 spiro atoms. The average Bonchev–Trinajstić information content (AvgIpc) is 2.35. The smallest absolute Gasteiger partial charge is 0.120 e. The number of aliphatic hydroxyl groups excluding tert-OH is 1. The molecular formula is C12H15NO3. The molecule has 0 bridgehead atoms. The predicted molar refractivity (Wildman–Crippen MR) is 60.3 cm³/mol. The first-order valence-electron chi connectivity index (χ1n) is 5.43. The molecule has 0 saturated heterocycles. The second-order valence-corrected chi connectivity index (χ2v) is 3.79. The maximum atomic E-state index is 8.91. The van der Waals surface area contributed by atoms with Gasteiger partial charge in [-0.15, -0.1) is 0 Å². The predicted octanol–water partition coefficient (Wildman–Crippen LogP) is 1.57. The van der Waals surface area contributed by atoms with E-state index < -0.39 is 0 Å². The van der Waals surface area contributed by atoms with Crippen molar-refractivity contribution in [3.63, 3.8) is 0 Å². The molecule has 0 heterocycles. The molecule has 4 heteroatoms. The summed E-state index contributed by atoms with van der Waals surface area (Å²) in [6.07, 6.45) is 2.82. The normalized spacial score (nSPS) is 17.2. The van der Waals surface area contributed by atoms with E-state index in [0.29, 0.717) is 5.75 Å². The summed E-state index contributed by atoms with van der Waals surface area (Å²) in [5.41, 5.74) is 2.87. The number of rotatable bonds is 3. The molecule has 0 unspecified atom stereocenters. The lowest BCUT2D eigenvalue weighted by atomic mass is 9.90. The second-order valence-electron chi connectivity index (χ2n) is 3.79. The summed E-state index contributed by atoms with van der Waals surface area (Å²) in [6.45, 7) is 0.280. The Bertz CT molecular complexity index is 401. The molecule has 1 aliphatic carbocycles. The number of oxime groups is 1. The molecule has 0 radical (unpaired) electrons. The van der Waals surface area contributed by atoms with Crippen molar-refractivity contribution in [3.8, 4) is 5.75 Å². The van der Waals surface area contributed by atoms with Gasteiger partial charge in [0.1, 0.15) is 12.4 Å². The maximum absolute atomic E-state index is 8.91. The molecular weight excluding hydrogens is 206 g/mol. The summed E-state index contributed by atoms with van der Waals surface area (Å²) in [4.78, 5) is 0. The molecule has 0 aliphatic heterocycles. The monoisotopic (exact) mass is 221 g/mol. The van der Waals surface area contributed by atoms with Crippen molar-refractivity contribution in [1.29, 1.82) is 0 Å². The zero-order chi connectivity index (χ0) is 11.4. The Morgan fingerprint density at radius 2 is 2.19 bits per heavy atom. The van der Waals surface area contributed by atoms with E-state index in [2.05, 4.69) is 5.16 Å². The van der Waals surface area contributed by atoms with Crippen LogP contribution in [0.25, 0.3) is 0 Å². The van der Waals surface area contributed by atoms with Crippen molar-refractivity contribution in [3.05, 3.63) is 29.3 Å². The van der Waals surface area contributed by atoms with Crippen molar-refractivity contribution < 1.29 is 15.1 Å². The fraction of sp³-hybridized carbons (Fsp3) is 0.417. The van der Waals surface area contributed by atoms with Gasteiger partial charge >= 0.3 is 0 Å². The molecule has 2 rings (SSSR count). The molecule has 1 aliphatic rings. The zero-order valence-electron chi connectivity index (χ0n) is 9.02. The van der Waals surface area contributed by atoms with E-state index in [9.17, 15) is 0 Å². The third-order valence-electron chi connectivity index (χ3n) is 2.73. The average molecular weight is 221 g/mol. The number of hydrogen-bond donors (Lipinski definition) is 2. The zero-order valence-corrected chi connectivity index (χ0v) is 9.02. The molecule has 2 N–H and O–H groups in total. The van der Waals surface area contributed by atoms with E-state index in [4.69, 9.17) is 15.1 Å². The Kier molecular flexibility index (Phi) is 3.41. The van der Waals surface area contributed by atoms with Gasteiger partial charge in [-0.1, -0.05) is 11.2 Å². The van der Waals surface area contributed by atoms with Gasteiger partial charge in [-0.05, 0) is 37.0 Å². The van der Waals surface area contributed by atoms with Crippen molar-refractivity contribution in [2.75, 3.05) is 13.2 Å². The van der Waals surface area contributed by atoms with Crippen LogP contribution < -0.4 is 4.74 Å². The Hall–Kier alpha value is -1.55. The summed E-state index contributed by atoms with van der Waals surface area (Å²) in [5, 5.41) is 20.9. The van der Waals surface area contributed by atoms with Crippen LogP contribution in [0.4, 0.5) is 0 Å². The summed E-state index contributed by atoms with van der Waals surface area (Å²) in [7, 11) is 0. The van der Waals surface area contributed by atoms with E-state index in [-0.39, 0.29) is 13.2 Å². The molecule has 0 amide bonds. The van der Waals surface area contributed by atoms with Gasteiger partial charge < -0.3 is 15.1 Å². The van der Waals surface area contributed by atoms with Gasteiger partial charge in [-0.2, -0.15) is 0 Å². The van der Waals surface area contributed by atoms with E-state index in [1.54, 1.807) is 0 Å².